The van der Waals surface area contributed by atoms with Crippen molar-refractivity contribution in [2.45, 2.75) is 13.5 Å². The number of nitrogens with one attached hydrogen (secondary N) is 2. The fourth-order valence-corrected chi connectivity index (χ4v) is 2.88. The zero-order valence-electron chi connectivity index (χ0n) is 17.5. The maximum absolute atomic E-state index is 6.05. The molecule has 0 amide bonds. The maximum Gasteiger partial charge on any atom is 0.124 e. The molecule has 0 unspecified atom stereocenters. The van der Waals surface area contributed by atoms with Crippen LogP contribution >= 0.6 is 0 Å². The average molecular weight is 517 g/mol. The summed E-state index contributed by atoms with van der Waals surface area (Å²) < 4.78 is 6.05. The molecule has 0 aliphatic rings. The molecule has 0 atom stereocenters. The Bertz CT molecular complexity index is 831. The van der Waals surface area contributed by atoms with Gasteiger partial charge in [0.2, 0.25) is 0 Å². The van der Waals surface area contributed by atoms with Crippen LogP contribution in [-0.4, -0.2) is 27.2 Å². The molecule has 2 aromatic carbocycles. The Kier molecular flexibility index (Phi) is 12.6. The molecular formula is C24H30CeN3O-. The first-order valence-corrected chi connectivity index (χ1v) is 9.51. The minimum atomic E-state index is 0. The Hall–Kier alpha value is -1.60. The van der Waals surface area contributed by atoms with Crippen molar-refractivity contribution in [1.29, 1.82) is 0 Å². The topological polar surface area (TPSA) is 47.4 Å². The van der Waals surface area contributed by atoms with E-state index in [0.717, 1.165) is 33.8 Å². The number of hydrogen-bond donors (Lipinski definition) is 2. The van der Waals surface area contributed by atoms with Gasteiger partial charge in [-0.25, -0.2) is 0 Å². The van der Waals surface area contributed by atoms with Crippen molar-refractivity contribution in [3.05, 3.63) is 89.9 Å². The van der Waals surface area contributed by atoms with Crippen LogP contribution in [0.3, 0.4) is 0 Å². The number of anilines is 1. The molecule has 0 aromatic heterocycles. The largest absolute Gasteiger partial charge is 0.662 e. The molecular weight excluding hydrogens is 486 g/mol. The molecule has 0 spiro atoms. The Morgan fingerprint density at radius 2 is 2.00 bits per heavy atom. The van der Waals surface area contributed by atoms with Gasteiger partial charge >= 0.3 is 0 Å². The second-order valence-electron chi connectivity index (χ2n) is 6.22. The second kappa shape index (κ2) is 14.4. The summed E-state index contributed by atoms with van der Waals surface area (Å²) in [5.74, 6) is 0.873. The van der Waals surface area contributed by atoms with E-state index in [2.05, 4.69) is 52.9 Å². The van der Waals surface area contributed by atoms with E-state index in [1.807, 2.05) is 44.3 Å². The van der Waals surface area contributed by atoms with E-state index in [0.29, 0.717) is 19.7 Å². The summed E-state index contributed by atoms with van der Waals surface area (Å²) in [5, 5.41) is 10.8. The van der Waals surface area contributed by atoms with Gasteiger partial charge in [-0.15, -0.1) is 6.54 Å². The van der Waals surface area contributed by atoms with E-state index in [1.165, 1.54) is 0 Å². The molecule has 29 heavy (non-hydrogen) atoms. The van der Waals surface area contributed by atoms with E-state index in [1.54, 1.807) is 13.1 Å². The predicted molar refractivity (Wildman–Crippen MR) is 121 cm³/mol. The molecule has 0 heterocycles. The van der Waals surface area contributed by atoms with E-state index in [-0.39, 0.29) is 41.7 Å². The fourth-order valence-electron chi connectivity index (χ4n) is 2.88. The van der Waals surface area contributed by atoms with E-state index >= 15 is 0 Å². The van der Waals surface area contributed by atoms with Crippen molar-refractivity contribution in [3.8, 4) is 16.9 Å². The van der Waals surface area contributed by atoms with Gasteiger partial charge in [-0.1, -0.05) is 49.1 Å². The van der Waals surface area contributed by atoms with Gasteiger partial charge in [0, 0.05) is 77.9 Å². The molecule has 5 heteroatoms. The molecule has 4 nitrogen and oxygen atoms in total. The van der Waals surface area contributed by atoms with E-state index < -0.39 is 0 Å². The number of benzene rings is 2. The Labute approximate surface area is 208 Å². The number of likely N-dealkylation sites (N-methyl/N-ethyl adjacent to an activating group) is 1. The van der Waals surface area contributed by atoms with Gasteiger partial charge in [-0.3, -0.25) is 0 Å². The van der Waals surface area contributed by atoms with Crippen molar-refractivity contribution in [2.24, 2.45) is 0 Å². The van der Waals surface area contributed by atoms with Gasteiger partial charge in [0.1, 0.15) is 5.75 Å². The average Bonchev–Trinajstić information content (AvgIpc) is 2.73. The Morgan fingerprint density at radius 1 is 1.21 bits per heavy atom. The molecule has 0 radical (unpaired) electrons. The first-order valence-electron chi connectivity index (χ1n) is 9.51. The quantitative estimate of drug-likeness (QED) is 0.306. The van der Waals surface area contributed by atoms with Gasteiger partial charge in [0.05, 0.1) is 6.61 Å². The maximum atomic E-state index is 6.05. The molecule has 2 aromatic rings. The van der Waals surface area contributed by atoms with Gasteiger partial charge in [-0.05, 0) is 36.8 Å². The molecule has 152 valence electrons. The van der Waals surface area contributed by atoms with E-state index in [4.69, 9.17) is 4.74 Å². The monoisotopic (exact) mass is 516 g/mol. The van der Waals surface area contributed by atoms with Crippen LogP contribution in [0.4, 0.5) is 5.69 Å². The summed E-state index contributed by atoms with van der Waals surface area (Å²) in [7, 11) is 3.74. The summed E-state index contributed by atoms with van der Waals surface area (Å²) in [6, 6.07) is 14.6. The SMILES string of the molecule is C=C/C=C(\C=C/C)NCc1ccc(-c2ccccc2NC)cc1OCC[N-]C.[Ce]. The third-order valence-electron chi connectivity index (χ3n) is 4.27. The van der Waals surface area contributed by atoms with Crippen molar-refractivity contribution < 1.29 is 46.5 Å². The molecule has 2 N–H and O–H groups in total. The molecule has 2 rings (SSSR count). The molecule has 0 bridgehead atoms. The van der Waals surface area contributed by atoms with Crippen molar-refractivity contribution in [2.75, 3.05) is 32.6 Å². The van der Waals surface area contributed by atoms with Gasteiger partial charge in [0.15, 0.2) is 0 Å². The van der Waals surface area contributed by atoms with Crippen molar-refractivity contribution in [3.63, 3.8) is 0 Å². The first kappa shape index (κ1) is 25.4. The Balaban J connectivity index is 0.00000420. The minimum absolute atomic E-state index is 0. The van der Waals surface area contributed by atoms with Gasteiger partial charge in [-0.2, -0.15) is 7.05 Å². The molecule has 0 saturated carbocycles. The zero-order chi connectivity index (χ0) is 20.2. The fraction of sp³-hybridized carbons (Fsp3) is 0.250. The number of para-hydroxylation sites is 1. The van der Waals surface area contributed by atoms with E-state index in [9.17, 15) is 0 Å². The number of hydrogen-bond acceptors (Lipinski definition) is 3. The van der Waals surface area contributed by atoms with Gasteiger partial charge in [0.25, 0.3) is 0 Å². The van der Waals surface area contributed by atoms with Crippen molar-refractivity contribution in [1.82, 2.24) is 5.32 Å². The number of allylic oxidation sites excluding steroid dienone is 4. The molecule has 0 fully saturated rings. The second-order valence-corrected chi connectivity index (χ2v) is 6.22. The van der Waals surface area contributed by atoms with Gasteiger partial charge < -0.3 is 20.7 Å². The van der Waals surface area contributed by atoms with Crippen LogP contribution in [0.2, 0.25) is 0 Å². The summed E-state index contributed by atoms with van der Waals surface area (Å²) in [6.07, 6.45) is 7.75. The number of nitrogens with zero attached hydrogens (tertiary/aromatic N) is 1. The smallest absolute Gasteiger partial charge is 0.124 e. The van der Waals surface area contributed by atoms with Crippen LogP contribution in [0.1, 0.15) is 12.5 Å². The standard InChI is InChI=1S/C24H30N3O.Ce/c1-5-9-21(10-6-2)27-18-20-14-13-19(17-24(20)28-16-15-25-3)22-11-7-8-12-23(22)26-4;/h5-14,17,26-27H,1,15-16,18H2,2-4H3;/q-1;/b10-6-,21-9+;. The first-order chi connectivity index (χ1) is 13.7. The van der Waals surface area contributed by atoms with Crippen LogP contribution in [-0.2, 0) is 6.54 Å². The minimum Gasteiger partial charge on any atom is -0.662 e. The zero-order valence-corrected chi connectivity index (χ0v) is 20.7. The van der Waals surface area contributed by atoms with Crippen molar-refractivity contribution >= 4 is 5.69 Å². The summed E-state index contributed by atoms with van der Waals surface area (Å²) >= 11 is 0. The van der Waals surface area contributed by atoms with Crippen LogP contribution in [0, 0.1) is 41.7 Å². The summed E-state index contributed by atoms with van der Waals surface area (Å²) in [6.45, 7) is 7.67. The van der Waals surface area contributed by atoms with Crippen LogP contribution in [0.25, 0.3) is 16.4 Å². The normalized spacial score (nSPS) is 11.1. The molecule has 0 saturated heterocycles. The Morgan fingerprint density at radius 3 is 2.69 bits per heavy atom. The number of ether oxygens (including phenoxy) is 1. The third kappa shape index (κ3) is 7.97. The van der Waals surface area contributed by atoms with Crippen LogP contribution in [0.15, 0.2) is 79.0 Å². The molecule has 0 aliphatic carbocycles. The van der Waals surface area contributed by atoms with Crippen LogP contribution in [0.5, 0.6) is 5.75 Å². The summed E-state index contributed by atoms with van der Waals surface area (Å²) in [5.41, 5.74) is 5.47. The third-order valence-corrected chi connectivity index (χ3v) is 4.27. The van der Waals surface area contributed by atoms with Crippen LogP contribution < -0.4 is 15.4 Å². The number of rotatable bonds is 11. The molecule has 0 aliphatic heterocycles. The summed E-state index contributed by atoms with van der Waals surface area (Å²) in [4.78, 5) is 0. The predicted octanol–water partition coefficient (Wildman–Crippen LogP) is 5.51.